The maximum atomic E-state index is 12.0. The second-order valence-electron chi connectivity index (χ2n) is 5.66. The molecule has 0 spiro atoms. The van der Waals surface area contributed by atoms with Crippen molar-refractivity contribution in [2.75, 3.05) is 18.4 Å². The van der Waals surface area contributed by atoms with E-state index in [1.165, 1.54) is 18.4 Å². The molecule has 1 aliphatic carbocycles. The smallest absolute Gasteiger partial charge is 0.321 e. The summed E-state index contributed by atoms with van der Waals surface area (Å²) in [5.74, 6) is 0.640. The average molecular weight is 245 g/mol. The summed E-state index contributed by atoms with van der Waals surface area (Å²) in [5.41, 5.74) is 8.15. The molecule has 1 aromatic carbocycles. The van der Waals surface area contributed by atoms with Crippen molar-refractivity contribution < 1.29 is 4.79 Å². The van der Waals surface area contributed by atoms with E-state index in [0.717, 1.165) is 5.69 Å². The largest absolute Gasteiger partial charge is 0.322 e. The number of anilines is 1. The Labute approximate surface area is 107 Å². The molecule has 1 saturated carbocycles. The van der Waals surface area contributed by atoms with Crippen LogP contribution in [0.2, 0.25) is 0 Å². The Balaban J connectivity index is 1.55. The number of rotatable bonds is 2. The summed E-state index contributed by atoms with van der Waals surface area (Å²) in [4.78, 5) is 13.8. The van der Waals surface area contributed by atoms with Crippen LogP contribution in [-0.4, -0.2) is 29.6 Å². The normalized spacial score (nSPS) is 21.3. The van der Waals surface area contributed by atoms with Crippen LogP contribution in [0, 0.1) is 12.8 Å². The quantitative estimate of drug-likeness (QED) is 0.836. The van der Waals surface area contributed by atoms with Gasteiger partial charge in [0.25, 0.3) is 0 Å². The van der Waals surface area contributed by atoms with Crippen LogP contribution in [0.1, 0.15) is 18.4 Å². The fraction of sp³-hybridized carbons (Fsp3) is 0.500. The molecule has 0 atom stereocenters. The van der Waals surface area contributed by atoms with Gasteiger partial charge >= 0.3 is 6.03 Å². The third kappa shape index (κ3) is 2.08. The molecule has 2 fully saturated rings. The Morgan fingerprint density at radius 3 is 2.50 bits per heavy atom. The lowest BCUT2D eigenvalue weighted by molar-refractivity contribution is 0.0895. The van der Waals surface area contributed by atoms with Crippen molar-refractivity contribution in [3.63, 3.8) is 0 Å². The highest BCUT2D eigenvalue weighted by molar-refractivity contribution is 5.90. The molecule has 1 heterocycles. The van der Waals surface area contributed by atoms with Gasteiger partial charge in [-0.15, -0.1) is 0 Å². The van der Waals surface area contributed by atoms with Crippen molar-refractivity contribution in [3.05, 3.63) is 29.8 Å². The van der Waals surface area contributed by atoms with E-state index in [2.05, 4.69) is 5.32 Å². The number of benzene rings is 1. The number of likely N-dealkylation sites (tertiary alicyclic amines) is 1. The maximum absolute atomic E-state index is 12.0. The Hall–Kier alpha value is -1.55. The molecule has 2 aliphatic rings. The summed E-state index contributed by atoms with van der Waals surface area (Å²) in [6, 6.07) is 7.78. The second kappa shape index (κ2) is 3.99. The minimum absolute atomic E-state index is 0.0411. The van der Waals surface area contributed by atoms with Gasteiger partial charge in [0.1, 0.15) is 0 Å². The zero-order valence-electron chi connectivity index (χ0n) is 10.6. The molecular weight excluding hydrogens is 226 g/mol. The molecular formula is C14H19N3O. The summed E-state index contributed by atoms with van der Waals surface area (Å²) < 4.78 is 0. The summed E-state index contributed by atoms with van der Waals surface area (Å²) in [6.07, 6.45) is 2.45. The van der Waals surface area contributed by atoms with E-state index in [1.54, 1.807) is 4.90 Å². The van der Waals surface area contributed by atoms with Crippen LogP contribution < -0.4 is 11.1 Å². The number of carbonyl (C=O) groups excluding carboxylic acids is 1. The number of nitrogens with one attached hydrogen (secondary N) is 1. The zero-order valence-corrected chi connectivity index (χ0v) is 10.6. The van der Waals surface area contributed by atoms with Crippen molar-refractivity contribution in [1.82, 2.24) is 4.90 Å². The SMILES string of the molecule is Cc1ccc(NC(=O)N2CC(N)(C3CC3)C2)cc1. The minimum atomic E-state index is -0.107. The Morgan fingerprint density at radius 2 is 1.94 bits per heavy atom. The highest BCUT2D eigenvalue weighted by Gasteiger charge is 2.51. The molecule has 96 valence electrons. The van der Waals surface area contributed by atoms with Crippen LogP contribution in [0.3, 0.4) is 0 Å². The van der Waals surface area contributed by atoms with E-state index in [0.29, 0.717) is 19.0 Å². The van der Waals surface area contributed by atoms with Crippen LogP contribution in [0.15, 0.2) is 24.3 Å². The Bertz CT molecular complexity index is 458. The van der Waals surface area contributed by atoms with E-state index in [4.69, 9.17) is 5.73 Å². The van der Waals surface area contributed by atoms with Gasteiger partial charge in [0.05, 0.1) is 5.54 Å². The van der Waals surface area contributed by atoms with Gasteiger partial charge in [-0.2, -0.15) is 0 Å². The van der Waals surface area contributed by atoms with E-state index in [-0.39, 0.29) is 11.6 Å². The first-order valence-corrected chi connectivity index (χ1v) is 6.48. The molecule has 0 unspecified atom stereocenters. The van der Waals surface area contributed by atoms with Crippen molar-refractivity contribution in [2.45, 2.75) is 25.3 Å². The lowest BCUT2D eigenvalue weighted by atomic mass is 9.86. The van der Waals surface area contributed by atoms with Gasteiger partial charge in [0.15, 0.2) is 0 Å². The third-order valence-corrected chi connectivity index (χ3v) is 3.95. The molecule has 0 radical (unpaired) electrons. The van der Waals surface area contributed by atoms with Crippen LogP contribution >= 0.6 is 0 Å². The predicted octanol–water partition coefficient (Wildman–Crippen LogP) is 1.95. The first kappa shape index (κ1) is 11.5. The third-order valence-electron chi connectivity index (χ3n) is 3.95. The van der Waals surface area contributed by atoms with Gasteiger partial charge in [-0.05, 0) is 37.8 Å². The fourth-order valence-corrected chi connectivity index (χ4v) is 2.56. The molecule has 2 amide bonds. The highest BCUT2D eigenvalue weighted by Crippen LogP contribution is 2.42. The molecule has 3 rings (SSSR count). The summed E-state index contributed by atoms with van der Waals surface area (Å²) in [6.45, 7) is 3.41. The number of aryl methyl sites for hydroxylation is 1. The minimum Gasteiger partial charge on any atom is -0.322 e. The number of amides is 2. The maximum Gasteiger partial charge on any atom is 0.321 e. The van der Waals surface area contributed by atoms with Crippen molar-refractivity contribution >= 4 is 11.7 Å². The molecule has 4 nitrogen and oxygen atoms in total. The molecule has 3 N–H and O–H groups in total. The van der Waals surface area contributed by atoms with E-state index in [9.17, 15) is 4.79 Å². The van der Waals surface area contributed by atoms with Gasteiger partial charge in [0.2, 0.25) is 0 Å². The van der Waals surface area contributed by atoms with Gasteiger partial charge < -0.3 is 16.0 Å². The van der Waals surface area contributed by atoms with E-state index in [1.807, 2.05) is 31.2 Å². The van der Waals surface area contributed by atoms with Crippen LogP contribution in [0.5, 0.6) is 0 Å². The lowest BCUT2D eigenvalue weighted by Crippen LogP contribution is -2.70. The predicted molar refractivity (Wildman–Crippen MR) is 71.4 cm³/mol. The average Bonchev–Trinajstić information content (AvgIpc) is 3.12. The topological polar surface area (TPSA) is 58.4 Å². The first-order valence-electron chi connectivity index (χ1n) is 6.48. The van der Waals surface area contributed by atoms with Crippen LogP contribution in [-0.2, 0) is 0 Å². The number of carbonyl (C=O) groups is 1. The van der Waals surface area contributed by atoms with Gasteiger partial charge in [0, 0.05) is 18.8 Å². The van der Waals surface area contributed by atoms with Crippen molar-refractivity contribution in [2.24, 2.45) is 11.7 Å². The summed E-state index contributed by atoms with van der Waals surface area (Å²) >= 11 is 0. The highest BCUT2D eigenvalue weighted by atomic mass is 16.2. The Kier molecular flexibility index (Phi) is 2.55. The second-order valence-corrected chi connectivity index (χ2v) is 5.66. The van der Waals surface area contributed by atoms with E-state index >= 15 is 0 Å². The number of nitrogens with zero attached hydrogens (tertiary/aromatic N) is 1. The first-order chi connectivity index (χ1) is 8.57. The van der Waals surface area contributed by atoms with E-state index < -0.39 is 0 Å². The molecule has 1 aromatic rings. The van der Waals surface area contributed by atoms with Gasteiger partial charge in [-0.3, -0.25) is 0 Å². The van der Waals surface area contributed by atoms with Gasteiger partial charge in [-0.1, -0.05) is 17.7 Å². The summed E-state index contributed by atoms with van der Waals surface area (Å²) in [7, 11) is 0. The van der Waals surface area contributed by atoms with Gasteiger partial charge in [-0.25, -0.2) is 4.79 Å². The number of hydrogen-bond acceptors (Lipinski definition) is 2. The molecule has 0 aromatic heterocycles. The monoisotopic (exact) mass is 245 g/mol. The lowest BCUT2D eigenvalue weighted by Gasteiger charge is -2.48. The fourth-order valence-electron chi connectivity index (χ4n) is 2.56. The van der Waals surface area contributed by atoms with Crippen LogP contribution in [0.4, 0.5) is 10.5 Å². The summed E-state index contributed by atoms with van der Waals surface area (Å²) in [5, 5.41) is 2.90. The molecule has 0 bridgehead atoms. The van der Waals surface area contributed by atoms with Crippen molar-refractivity contribution in [1.29, 1.82) is 0 Å². The number of hydrogen-bond donors (Lipinski definition) is 2. The zero-order chi connectivity index (χ0) is 12.8. The Morgan fingerprint density at radius 1 is 1.33 bits per heavy atom. The molecule has 1 saturated heterocycles. The standard InChI is InChI=1S/C14H19N3O/c1-10-2-6-12(7-3-10)16-13(18)17-8-14(15,9-17)11-4-5-11/h2-3,6-7,11H,4-5,8-9,15H2,1H3,(H,16,18). The molecule has 1 aliphatic heterocycles. The van der Waals surface area contributed by atoms with Crippen molar-refractivity contribution in [3.8, 4) is 0 Å². The molecule has 18 heavy (non-hydrogen) atoms. The number of nitrogens with two attached hydrogens (primary N) is 1. The molecule has 4 heteroatoms. The number of urea groups is 1. The van der Waals surface area contributed by atoms with Crippen LogP contribution in [0.25, 0.3) is 0 Å².